The van der Waals surface area contributed by atoms with E-state index in [9.17, 15) is 4.79 Å². The molecule has 0 fully saturated rings. The first-order chi connectivity index (χ1) is 12.4. The number of hydrogen-bond acceptors (Lipinski definition) is 7. The first kappa shape index (κ1) is 18.9. The van der Waals surface area contributed by atoms with E-state index in [1.165, 1.54) is 5.56 Å². The zero-order valence-electron chi connectivity index (χ0n) is 15.7. The lowest BCUT2D eigenvalue weighted by Crippen LogP contribution is -2.33. The second-order valence-corrected chi connectivity index (χ2v) is 8.41. The van der Waals surface area contributed by atoms with Gasteiger partial charge in [-0.2, -0.15) is 0 Å². The number of aryl methyl sites for hydroxylation is 3. The lowest BCUT2D eigenvalue weighted by molar-refractivity contribution is 0.0989. The van der Waals surface area contributed by atoms with Gasteiger partial charge >= 0.3 is 0 Å². The van der Waals surface area contributed by atoms with Gasteiger partial charge in [-0.25, -0.2) is 4.98 Å². The molecule has 0 atom stereocenters. The molecule has 0 spiro atoms. The maximum Gasteiger partial charge on any atom is 0.273 e. The summed E-state index contributed by atoms with van der Waals surface area (Å²) in [6.45, 7) is 7.49. The number of rotatable bonds is 6. The van der Waals surface area contributed by atoms with E-state index in [4.69, 9.17) is 4.98 Å². The maximum absolute atomic E-state index is 13.2. The van der Waals surface area contributed by atoms with Crippen LogP contribution in [0, 0.1) is 20.8 Å². The molecule has 0 bridgehead atoms. The Balaban J connectivity index is 2.00. The summed E-state index contributed by atoms with van der Waals surface area (Å²) >= 11 is 2.73. The number of benzene rings is 1. The summed E-state index contributed by atoms with van der Waals surface area (Å²) in [6, 6.07) is 4.19. The number of hydrogen-bond donors (Lipinski definition) is 0. The van der Waals surface area contributed by atoms with Crippen molar-refractivity contribution in [1.82, 2.24) is 19.5 Å². The van der Waals surface area contributed by atoms with Crippen LogP contribution in [0.15, 0.2) is 12.1 Å². The van der Waals surface area contributed by atoms with E-state index in [1.54, 1.807) is 16.2 Å². The number of nitrogens with zero attached hydrogens (tertiary/aromatic N) is 5. The summed E-state index contributed by atoms with van der Waals surface area (Å²) in [4.78, 5) is 22.5. The van der Waals surface area contributed by atoms with Crippen molar-refractivity contribution < 1.29 is 4.79 Å². The van der Waals surface area contributed by atoms with Gasteiger partial charge in [-0.1, -0.05) is 28.0 Å². The number of amides is 1. The first-order valence-corrected chi connectivity index (χ1v) is 10.1. The molecule has 8 heteroatoms. The molecule has 138 valence electrons. The fourth-order valence-electron chi connectivity index (χ4n) is 2.74. The number of carbonyl (C=O) groups is 1. The highest BCUT2D eigenvalue weighted by Gasteiger charge is 2.25. The smallest absolute Gasteiger partial charge is 0.273 e. The standard InChI is InChI=1S/C18H23N5OS2/c1-11-7-8-12(2)15-14(11)19-18(25-15)23(10-6-9-22(4)5)17(24)16-13(3)20-21-26-16/h7-8H,6,9-10H2,1-5H3. The molecule has 0 N–H and O–H groups in total. The van der Waals surface area contributed by atoms with E-state index in [2.05, 4.69) is 40.5 Å². The van der Waals surface area contributed by atoms with Gasteiger partial charge in [0.2, 0.25) is 0 Å². The minimum absolute atomic E-state index is 0.0642. The fourth-order valence-corrected chi connectivity index (χ4v) is 4.49. The fraction of sp³-hybridized carbons (Fsp3) is 0.444. The largest absolute Gasteiger partial charge is 0.309 e. The van der Waals surface area contributed by atoms with E-state index in [0.717, 1.165) is 45.4 Å². The van der Waals surface area contributed by atoms with Gasteiger partial charge in [-0.05, 0) is 70.5 Å². The highest BCUT2D eigenvalue weighted by atomic mass is 32.1. The van der Waals surface area contributed by atoms with Gasteiger partial charge < -0.3 is 4.90 Å². The topological polar surface area (TPSA) is 62.2 Å². The lowest BCUT2D eigenvalue weighted by Gasteiger charge is -2.20. The second-order valence-electron chi connectivity index (χ2n) is 6.67. The van der Waals surface area contributed by atoms with Crippen LogP contribution in [0.4, 0.5) is 5.13 Å². The van der Waals surface area contributed by atoms with Crippen molar-refractivity contribution in [3.05, 3.63) is 33.8 Å². The molecule has 3 rings (SSSR count). The van der Waals surface area contributed by atoms with Crippen LogP contribution in [0.5, 0.6) is 0 Å². The van der Waals surface area contributed by atoms with Gasteiger partial charge in [0.1, 0.15) is 4.88 Å². The van der Waals surface area contributed by atoms with E-state index < -0.39 is 0 Å². The van der Waals surface area contributed by atoms with Gasteiger partial charge in [0.25, 0.3) is 5.91 Å². The zero-order chi connectivity index (χ0) is 18.8. The number of thiazole rings is 1. The quantitative estimate of drug-likeness (QED) is 0.644. The molecule has 3 aromatic rings. The average molecular weight is 390 g/mol. The zero-order valence-corrected chi connectivity index (χ0v) is 17.4. The monoisotopic (exact) mass is 389 g/mol. The van der Waals surface area contributed by atoms with Crippen LogP contribution < -0.4 is 4.90 Å². The van der Waals surface area contributed by atoms with Gasteiger partial charge in [0.15, 0.2) is 5.13 Å². The molecule has 6 nitrogen and oxygen atoms in total. The summed E-state index contributed by atoms with van der Waals surface area (Å²) in [7, 11) is 4.07. The summed E-state index contributed by atoms with van der Waals surface area (Å²) in [5, 5.41) is 4.73. The van der Waals surface area contributed by atoms with Crippen molar-refractivity contribution in [1.29, 1.82) is 0 Å². The van der Waals surface area contributed by atoms with E-state index in [0.29, 0.717) is 17.1 Å². The van der Waals surface area contributed by atoms with Crippen molar-refractivity contribution >= 4 is 44.1 Å². The van der Waals surface area contributed by atoms with Crippen LogP contribution in [0.3, 0.4) is 0 Å². The van der Waals surface area contributed by atoms with Crippen molar-refractivity contribution in [3.8, 4) is 0 Å². The third-order valence-electron chi connectivity index (χ3n) is 4.24. The van der Waals surface area contributed by atoms with Crippen LogP contribution in [-0.2, 0) is 0 Å². The molecular weight excluding hydrogens is 366 g/mol. The maximum atomic E-state index is 13.2. The molecular formula is C18H23N5OS2. The number of anilines is 1. The Morgan fingerprint density at radius 2 is 1.85 bits per heavy atom. The van der Waals surface area contributed by atoms with Gasteiger partial charge in [-0.3, -0.25) is 9.69 Å². The minimum Gasteiger partial charge on any atom is -0.309 e. The molecule has 1 aromatic carbocycles. The van der Waals surface area contributed by atoms with Crippen LogP contribution in [0.2, 0.25) is 0 Å². The van der Waals surface area contributed by atoms with Crippen molar-refractivity contribution in [3.63, 3.8) is 0 Å². The van der Waals surface area contributed by atoms with E-state index >= 15 is 0 Å². The molecule has 2 aromatic heterocycles. The Bertz CT molecular complexity index is 892. The minimum atomic E-state index is -0.0642. The number of carbonyl (C=O) groups excluding carboxylic acids is 1. The Morgan fingerprint density at radius 3 is 2.46 bits per heavy atom. The molecule has 0 unspecified atom stereocenters. The average Bonchev–Trinajstić information content (AvgIpc) is 3.21. The third kappa shape index (κ3) is 3.77. The highest BCUT2D eigenvalue weighted by molar-refractivity contribution is 7.22. The van der Waals surface area contributed by atoms with E-state index in [-0.39, 0.29) is 5.91 Å². The first-order valence-electron chi connectivity index (χ1n) is 8.50. The molecule has 0 radical (unpaired) electrons. The highest BCUT2D eigenvalue weighted by Crippen LogP contribution is 2.34. The predicted octanol–water partition coefficient (Wildman–Crippen LogP) is 3.67. The Morgan fingerprint density at radius 1 is 1.12 bits per heavy atom. The second kappa shape index (κ2) is 7.77. The molecule has 1 amide bonds. The van der Waals surface area contributed by atoms with Gasteiger partial charge in [0.05, 0.1) is 15.9 Å². The van der Waals surface area contributed by atoms with E-state index in [1.807, 2.05) is 21.0 Å². The Kier molecular flexibility index (Phi) is 5.64. The van der Waals surface area contributed by atoms with Gasteiger partial charge in [-0.15, -0.1) is 5.10 Å². The van der Waals surface area contributed by atoms with Crippen molar-refractivity contribution in [2.45, 2.75) is 27.2 Å². The summed E-state index contributed by atoms with van der Waals surface area (Å²) < 4.78 is 5.06. The molecule has 26 heavy (non-hydrogen) atoms. The molecule has 0 aliphatic carbocycles. The van der Waals surface area contributed by atoms with Crippen molar-refractivity contribution in [2.24, 2.45) is 0 Å². The lowest BCUT2D eigenvalue weighted by atomic mass is 10.1. The van der Waals surface area contributed by atoms with Crippen molar-refractivity contribution in [2.75, 3.05) is 32.1 Å². The van der Waals surface area contributed by atoms with Crippen LogP contribution in [0.25, 0.3) is 10.2 Å². The molecule has 0 aliphatic rings. The molecule has 0 aliphatic heterocycles. The molecule has 0 saturated heterocycles. The number of fused-ring (bicyclic) bond motifs is 1. The van der Waals surface area contributed by atoms with Gasteiger partial charge in [0, 0.05) is 6.54 Å². The van der Waals surface area contributed by atoms with Crippen LogP contribution >= 0.6 is 22.9 Å². The summed E-state index contributed by atoms with van der Waals surface area (Å²) in [5.41, 5.74) is 3.97. The molecule has 0 saturated carbocycles. The molecule has 2 heterocycles. The Hall–Kier alpha value is -1.90. The normalized spacial score (nSPS) is 11.5. The predicted molar refractivity (Wildman–Crippen MR) is 109 cm³/mol. The Labute approximate surface area is 161 Å². The van der Waals surface area contributed by atoms with Crippen LogP contribution in [0.1, 0.15) is 32.9 Å². The number of aromatic nitrogens is 3. The van der Waals surface area contributed by atoms with Crippen LogP contribution in [-0.4, -0.2) is 52.6 Å². The summed E-state index contributed by atoms with van der Waals surface area (Å²) in [5.74, 6) is -0.0642. The third-order valence-corrected chi connectivity index (χ3v) is 6.27. The SMILES string of the molecule is Cc1nnsc1C(=O)N(CCCN(C)C)c1nc2c(C)ccc(C)c2s1. The summed E-state index contributed by atoms with van der Waals surface area (Å²) in [6.07, 6.45) is 0.873.